The zero-order chi connectivity index (χ0) is 22.6. The molecule has 1 saturated heterocycles. The van der Waals surface area contributed by atoms with Gasteiger partial charge in [0.1, 0.15) is 12.1 Å². The molecule has 9 nitrogen and oxygen atoms in total. The van der Waals surface area contributed by atoms with Crippen molar-refractivity contribution in [3.63, 3.8) is 0 Å². The Morgan fingerprint density at radius 2 is 1.74 bits per heavy atom. The third kappa shape index (κ3) is 4.98. The summed E-state index contributed by atoms with van der Waals surface area (Å²) in [5.41, 5.74) is 0.0859. The number of anilines is 2. The summed E-state index contributed by atoms with van der Waals surface area (Å²) in [5, 5.41) is 5.29. The number of nitrogens with one attached hydrogen (secondary N) is 2. The Bertz CT molecular complexity index is 863. The van der Waals surface area contributed by atoms with E-state index >= 15 is 0 Å². The molecule has 0 bridgehead atoms. The molecular weight excluding hydrogens is 400 g/mol. The van der Waals surface area contributed by atoms with Crippen LogP contribution in [0, 0.1) is 5.92 Å². The first-order valence-corrected chi connectivity index (χ1v) is 10.7. The van der Waals surface area contributed by atoms with Crippen LogP contribution in [0.4, 0.5) is 21.0 Å². The Kier molecular flexibility index (Phi) is 6.82. The molecule has 2 aliphatic rings. The van der Waals surface area contributed by atoms with E-state index in [0.717, 1.165) is 24.2 Å². The van der Waals surface area contributed by atoms with Gasteiger partial charge in [0.2, 0.25) is 5.91 Å². The summed E-state index contributed by atoms with van der Waals surface area (Å²) < 4.78 is 5.08. The third-order valence-electron chi connectivity index (χ3n) is 5.73. The van der Waals surface area contributed by atoms with Crippen molar-refractivity contribution in [1.29, 1.82) is 0 Å². The fourth-order valence-electron chi connectivity index (χ4n) is 4.09. The van der Waals surface area contributed by atoms with Crippen molar-refractivity contribution in [1.82, 2.24) is 9.80 Å². The highest BCUT2D eigenvalue weighted by Crippen LogP contribution is 2.39. The summed E-state index contributed by atoms with van der Waals surface area (Å²) in [6.07, 6.45) is 3.52. The average molecular weight is 431 g/mol. The van der Waals surface area contributed by atoms with E-state index < -0.39 is 23.6 Å². The Labute approximate surface area is 182 Å². The Morgan fingerprint density at radius 3 is 2.39 bits per heavy atom. The predicted molar refractivity (Wildman–Crippen MR) is 116 cm³/mol. The Morgan fingerprint density at radius 1 is 1.10 bits per heavy atom. The minimum atomic E-state index is -0.810. The number of likely N-dealkylation sites (N-methyl/N-ethyl adjacent to an activating group) is 1. The smallest absolute Gasteiger partial charge is 0.411 e. The lowest BCUT2D eigenvalue weighted by atomic mass is 9.81. The molecule has 1 aromatic carbocycles. The average Bonchev–Trinajstić information content (AvgIpc) is 2.89. The Hall–Kier alpha value is -3.10. The van der Waals surface area contributed by atoms with Crippen LogP contribution >= 0.6 is 0 Å². The number of urea groups is 1. The first-order chi connectivity index (χ1) is 14.7. The lowest BCUT2D eigenvalue weighted by Gasteiger charge is -2.35. The second-order valence-corrected chi connectivity index (χ2v) is 8.57. The van der Waals surface area contributed by atoms with Crippen molar-refractivity contribution in [2.75, 3.05) is 30.8 Å². The monoisotopic (exact) mass is 430 g/mol. The summed E-state index contributed by atoms with van der Waals surface area (Å²) >= 11 is 0. The van der Waals surface area contributed by atoms with Gasteiger partial charge in [-0.15, -0.1) is 0 Å². The zero-order valence-electron chi connectivity index (χ0n) is 18.3. The number of carbonyl (C=O) groups excluding carboxylic acids is 4. The quantitative estimate of drug-likeness (QED) is 0.672. The number of imide groups is 1. The number of ether oxygens (including phenoxy) is 1. The Balaban J connectivity index is 1.60. The molecule has 1 aliphatic carbocycles. The van der Waals surface area contributed by atoms with E-state index in [2.05, 4.69) is 10.6 Å². The molecule has 3 rings (SSSR count). The minimum absolute atomic E-state index is 0.221. The van der Waals surface area contributed by atoms with Crippen LogP contribution < -0.4 is 10.6 Å². The summed E-state index contributed by atoms with van der Waals surface area (Å²) in [6.45, 7) is 3.83. The topological polar surface area (TPSA) is 108 Å². The van der Waals surface area contributed by atoms with Gasteiger partial charge in [0.25, 0.3) is 5.91 Å². The first-order valence-electron chi connectivity index (χ1n) is 10.7. The minimum Gasteiger partial charge on any atom is -0.449 e. The van der Waals surface area contributed by atoms with Gasteiger partial charge >= 0.3 is 12.1 Å². The van der Waals surface area contributed by atoms with Gasteiger partial charge in [-0.1, -0.05) is 39.2 Å². The third-order valence-corrected chi connectivity index (χ3v) is 5.73. The number of hydrogen-bond acceptors (Lipinski definition) is 5. The molecule has 0 atom stereocenters. The molecule has 1 heterocycles. The number of rotatable bonds is 6. The van der Waals surface area contributed by atoms with Gasteiger partial charge in [0.15, 0.2) is 0 Å². The van der Waals surface area contributed by atoms with E-state index in [1.165, 1.54) is 4.90 Å². The number of amides is 5. The van der Waals surface area contributed by atoms with Crippen LogP contribution in [-0.4, -0.2) is 59.5 Å². The largest absolute Gasteiger partial charge is 0.449 e. The van der Waals surface area contributed by atoms with E-state index in [0.29, 0.717) is 30.8 Å². The van der Waals surface area contributed by atoms with Gasteiger partial charge in [-0.05, 0) is 37.0 Å². The number of hydrogen-bond donors (Lipinski definition) is 2. The molecule has 5 amide bonds. The molecule has 1 saturated carbocycles. The molecule has 168 valence electrons. The van der Waals surface area contributed by atoms with E-state index in [4.69, 9.17) is 4.74 Å². The summed E-state index contributed by atoms with van der Waals surface area (Å²) in [7, 11) is 1.64. The second kappa shape index (κ2) is 9.36. The van der Waals surface area contributed by atoms with E-state index in [1.54, 1.807) is 31.3 Å². The number of nitrogens with zero attached hydrogens (tertiary/aromatic N) is 2. The van der Waals surface area contributed by atoms with E-state index in [9.17, 15) is 19.2 Å². The van der Waals surface area contributed by atoms with Crippen molar-refractivity contribution in [3.05, 3.63) is 24.3 Å². The van der Waals surface area contributed by atoms with Gasteiger partial charge in [0.05, 0.1) is 6.61 Å². The highest BCUT2D eigenvalue weighted by molar-refractivity contribution is 6.10. The van der Waals surface area contributed by atoms with Crippen molar-refractivity contribution >= 4 is 35.3 Å². The predicted octanol–water partition coefficient (Wildman–Crippen LogP) is 3.43. The zero-order valence-corrected chi connectivity index (χ0v) is 18.3. The normalized spacial score (nSPS) is 17.9. The van der Waals surface area contributed by atoms with Crippen molar-refractivity contribution in [3.8, 4) is 0 Å². The van der Waals surface area contributed by atoms with Gasteiger partial charge in [0, 0.05) is 18.4 Å². The van der Waals surface area contributed by atoms with Crippen LogP contribution in [0.3, 0.4) is 0 Å². The summed E-state index contributed by atoms with van der Waals surface area (Å²) in [6, 6.07) is 6.14. The van der Waals surface area contributed by atoms with Crippen LogP contribution in [-0.2, 0) is 14.3 Å². The molecule has 2 N–H and O–H groups in total. The summed E-state index contributed by atoms with van der Waals surface area (Å²) in [5.74, 6) is -0.556. The molecule has 31 heavy (non-hydrogen) atoms. The highest BCUT2D eigenvalue weighted by Gasteiger charge is 2.55. The van der Waals surface area contributed by atoms with Crippen molar-refractivity contribution in [2.45, 2.75) is 51.5 Å². The van der Waals surface area contributed by atoms with Crippen LogP contribution in [0.2, 0.25) is 0 Å². The highest BCUT2D eigenvalue weighted by atomic mass is 16.5. The molecule has 1 aromatic rings. The molecule has 0 aromatic heterocycles. The maximum absolute atomic E-state index is 13.0. The fraction of sp³-hybridized carbons (Fsp3) is 0.545. The van der Waals surface area contributed by atoms with Gasteiger partial charge in [-0.3, -0.25) is 19.8 Å². The lowest BCUT2D eigenvalue weighted by Crippen LogP contribution is -2.49. The first kappa shape index (κ1) is 22.6. The molecule has 2 fully saturated rings. The van der Waals surface area contributed by atoms with Gasteiger partial charge in [-0.2, -0.15) is 0 Å². The van der Waals surface area contributed by atoms with Gasteiger partial charge in [-0.25, -0.2) is 9.59 Å². The van der Waals surface area contributed by atoms with E-state index in [1.807, 2.05) is 13.8 Å². The number of carbonyl (C=O) groups is 4. The van der Waals surface area contributed by atoms with Gasteiger partial charge < -0.3 is 15.0 Å². The van der Waals surface area contributed by atoms with Crippen molar-refractivity contribution in [2.24, 2.45) is 5.92 Å². The molecule has 0 unspecified atom stereocenters. The molecule has 1 aliphatic heterocycles. The fourth-order valence-corrected chi connectivity index (χ4v) is 4.09. The SMILES string of the molecule is CC(C)COC(=O)Nc1cccc(NC(=O)CN2C(=O)N(C)C3(CCCCC3)C2=O)c1. The second-order valence-electron chi connectivity index (χ2n) is 8.57. The van der Waals surface area contributed by atoms with Crippen LogP contribution in [0.15, 0.2) is 24.3 Å². The van der Waals surface area contributed by atoms with E-state index in [-0.39, 0.29) is 18.4 Å². The summed E-state index contributed by atoms with van der Waals surface area (Å²) in [4.78, 5) is 52.6. The molecule has 9 heteroatoms. The van der Waals surface area contributed by atoms with Crippen LogP contribution in [0.25, 0.3) is 0 Å². The van der Waals surface area contributed by atoms with Crippen molar-refractivity contribution < 1.29 is 23.9 Å². The maximum atomic E-state index is 13.0. The van der Waals surface area contributed by atoms with Crippen LogP contribution in [0.5, 0.6) is 0 Å². The number of benzene rings is 1. The molecular formula is C22H30N4O5. The standard InChI is InChI=1S/C22H30N4O5/c1-15(2)14-31-20(29)24-17-9-7-8-16(12-17)23-18(27)13-26-19(28)22(25(3)21(26)30)10-5-4-6-11-22/h7-9,12,15H,4-6,10-11,13-14H2,1-3H3,(H,23,27)(H,24,29). The molecule has 0 radical (unpaired) electrons. The molecule has 1 spiro atoms. The van der Waals surface area contributed by atoms with Crippen LogP contribution in [0.1, 0.15) is 46.0 Å². The lowest BCUT2D eigenvalue weighted by molar-refractivity contribution is -0.136. The maximum Gasteiger partial charge on any atom is 0.411 e.